The van der Waals surface area contributed by atoms with Gasteiger partial charge in [0.1, 0.15) is 5.75 Å². The number of carbonyl (C=O) groups is 1. The molecule has 0 spiro atoms. The van der Waals surface area contributed by atoms with Crippen molar-refractivity contribution in [1.29, 1.82) is 0 Å². The first kappa shape index (κ1) is 24.5. The number of aryl methyl sites for hydroxylation is 3. The summed E-state index contributed by atoms with van der Waals surface area (Å²) in [6.45, 7) is 10.6. The number of carbonyl (C=O) groups excluding carboxylic acids is 1. The number of benzene rings is 2. The van der Waals surface area contributed by atoms with Gasteiger partial charge in [0.2, 0.25) is 0 Å². The lowest BCUT2D eigenvalue weighted by atomic mass is 9.86. The summed E-state index contributed by atoms with van der Waals surface area (Å²) in [6.07, 6.45) is 4.89. The van der Waals surface area contributed by atoms with Gasteiger partial charge in [-0.1, -0.05) is 42.8 Å². The van der Waals surface area contributed by atoms with Crippen molar-refractivity contribution in [2.45, 2.75) is 65.8 Å². The first-order valence-electron chi connectivity index (χ1n) is 12.4. The number of amides is 1. The lowest BCUT2D eigenvalue weighted by Crippen LogP contribution is -2.41. The van der Waals surface area contributed by atoms with Gasteiger partial charge in [0, 0.05) is 23.2 Å². The maximum atomic E-state index is 12.8. The first-order valence-corrected chi connectivity index (χ1v) is 13.3. The molecule has 4 nitrogen and oxygen atoms in total. The fourth-order valence-electron chi connectivity index (χ4n) is 5.24. The third kappa shape index (κ3) is 5.89. The van der Waals surface area contributed by atoms with E-state index in [4.69, 9.17) is 4.74 Å². The average molecular weight is 477 g/mol. The Hall–Kier alpha value is -2.63. The molecule has 1 amide bonds. The molecule has 0 bridgehead atoms. The minimum absolute atomic E-state index is 0.422. The summed E-state index contributed by atoms with van der Waals surface area (Å²) in [5.41, 5.74) is 6.61. The van der Waals surface area contributed by atoms with Gasteiger partial charge in [0.25, 0.3) is 0 Å². The van der Waals surface area contributed by atoms with Crippen LogP contribution in [-0.4, -0.2) is 30.1 Å². The fraction of sp³-hybridized carbons (Fsp3) is 0.414. The van der Waals surface area contributed by atoms with Crippen molar-refractivity contribution < 1.29 is 9.53 Å². The summed E-state index contributed by atoms with van der Waals surface area (Å²) < 4.78 is 5.83. The summed E-state index contributed by atoms with van der Waals surface area (Å²) in [6, 6.07) is 15.2. The van der Waals surface area contributed by atoms with E-state index < -0.39 is 6.09 Å². The van der Waals surface area contributed by atoms with Crippen molar-refractivity contribution in [3.8, 4) is 5.75 Å². The molecule has 0 fully saturated rings. The molecular formula is C29H36N2O2S. The molecule has 3 aromatic rings. The number of rotatable bonds is 8. The Morgan fingerprint density at radius 3 is 2.62 bits per heavy atom. The maximum Gasteiger partial charge on any atom is 0.417 e. The molecule has 1 aromatic heterocycles. The van der Waals surface area contributed by atoms with E-state index in [-0.39, 0.29) is 0 Å². The maximum absolute atomic E-state index is 12.8. The molecule has 34 heavy (non-hydrogen) atoms. The Morgan fingerprint density at radius 2 is 1.91 bits per heavy atom. The fourth-order valence-corrected chi connectivity index (χ4v) is 5.94. The molecule has 1 heterocycles. The number of fused-ring (bicyclic) bond motifs is 1. The van der Waals surface area contributed by atoms with Crippen LogP contribution in [0.25, 0.3) is 0 Å². The normalized spacial score (nSPS) is 15.3. The number of hydrogen-bond acceptors (Lipinski definition) is 4. The summed E-state index contributed by atoms with van der Waals surface area (Å²) >= 11 is 1.85. The van der Waals surface area contributed by atoms with E-state index in [0.29, 0.717) is 11.8 Å². The molecule has 0 aliphatic heterocycles. The minimum Gasteiger partial charge on any atom is -0.410 e. The molecule has 1 aliphatic carbocycles. The molecule has 1 unspecified atom stereocenters. The average Bonchev–Trinajstić information content (AvgIpc) is 3.32. The summed E-state index contributed by atoms with van der Waals surface area (Å²) in [7, 11) is 0. The van der Waals surface area contributed by atoms with E-state index in [9.17, 15) is 4.79 Å². The second-order valence-electron chi connectivity index (χ2n) is 9.44. The van der Waals surface area contributed by atoms with Gasteiger partial charge in [-0.2, -0.15) is 0 Å². The molecule has 0 saturated carbocycles. The zero-order chi connectivity index (χ0) is 24.1. The zero-order valence-corrected chi connectivity index (χ0v) is 21.6. The Bertz CT molecular complexity index is 1100. The summed E-state index contributed by atoms with van der Waals surface area (Å²) in [4.78, 5) is 16.9. The van der Waals surface area contributed by atoms with Crippen LogP contribution in [-0.2, 0) is 19.3 Å². The van der Waals surface area contributed by atoms with Crippen molar-refractivity contribution in [3.05, 3.63) is 80.5 Å². The zero-order valence-electron chi connectivity index (χ0n) is 20.8. The Balaban J connectivity index is 1.43. The third-order valence-corrected chi connectivity index (χ3v) is 7.71. The first-order chi connectivity index (χ1) is 16.4. The number of thiophene rings is 1. The van der Waals surface area contributed by atoms with E-state index in [1.165, 1.54) is 21.6 Å². The Kier molecular flexibility index (Phi) is 8.07. The molecular weight excluding hydrogens is 440 g/mol. The van der Waals surface area contributed by atoms with Gasteiger partial charge < -0.3 is 4.74 Å². The van der Waals surface area contributed by atoms with Gasteiger partial charge in [-0.05, 0) is 99.2 Å². The smallest absolute Gasteiger partial charge is 0.410 e. The standard InChI is InChI=1S/C29H36N2O2S/c1-5-14-31(15-13-25-9-7-16-34-25)24-11-12-26-23(19-24)8-6-10-27(26)33-29(32)30-28-21(3)17-20(2)18-22(28)4/h6-10,16-18,24H,5,11-15,19H2,1-4H3,(H,30,32). The lowest BCUT2D eigenvalue weighted by Gasteiger charge is -2.35. The SMILES string of the molecule is CCCN(CCc1cccs1)C1CCc2c(cccc2OC(=O)Nc2c(C)cc(C)cc2C)C1. The van der Waals surface area contributed by atoms with Crippen LogP contribution in [0.15, 0.2) is 47.8 Å². The number of nitrogens with zero attached hydrogens (tertiary/aromatic N) is 1. The highest BCUT2D eigenvalue weighted by Crippen LogP contribution is 2.32. The molecule has 0 radical (unpaired) electrons. The second-order valence-corrected chi connectivity index (χ2v) is 10.5. The second kappa shape index (κ2) is 11.2. The Morgan fingerprint density at radius 1 is 1.12 bits per heavy atom. The predicted molar refractivity (Wildman–Crippen MR) is 142 cm³/mol. The van der Waals surface area contributed by atoms with Gasteiger partial charge in [-0.25, -0.2) is 4.79 Å². The van der Waals surface area contributed by atoms with E-state index in [2.05, 4.69) is 59.8 Å². The predicted octanol–water partition coefficient (Wildman–Crippen LogP) is 7.10. The number of ether oxygens (including phenoxy) is 1. The van der Waals surface area contributed by atoms with Crippen molar-refractivity contribution in [3.63, 3.8) is 0 Å². The van der Waals surface area contributed by atoms with Gasteiger partial charge >= 0.3 is 6.09 Å². The van der Waals surface area contributed by atoms with E-state index in [1.807, 2.05) is 37.3 Å². The van der Waals surface area contributed by atoms with E-state index in [1.54, 1.807) is 0 Å². The molecule has 1 atom stereocenters. The lowest BCUT2D eigenvalue weighted by molar-refractivity contribution is 0.181. The molecule has 1 aliphatic rings. The van der Waals surface area contributed by atoms with Crippen molar-refractivity contribution >= 4 is 23.1 Å². The third-order valence-electron chi connectivity index (χ3n) is 6.77. The van der Waals surface area contributed by atoms with Gasteiger partial charge in [0.15, 0.2) is 0 Å². The van der Waals surface area contributed by atoms with Gasteiger partial charge in [0.05, 0.1) is 0 Å². The van der Waals surface area contributed by atoms with Gasteiger partial charge in [-0.3, -0.25) is 10.2 Å². The molecule has 2 aromatic carbocycles. The molecule has 4 rings (SSSR count). The van der Waals surface area contributed by atoms with Crippen molar-refractivity contribution in [2.75, 3.05) is 18.4 Å². The number of hydrogen-bond donors (Lipinski definition) is 1. The van der Waals surface area contributed by atoms with Crippen LogP contribution in [0.1, 0.15) is 52.5 Å². The van der Waals surface area contributed by atoms with E-state index >= 15 is 0 Å². The van der Waals surface area contributed by atoms with Crippen LogP contribution in [0.4, 0.5) is 10.5 Å². The highest BCUT2D eigenvalue weighted by Gasteiger charge is 2.26. The van der Waals surface area contributed by atoms with Crippen molar-refractivity contribution in [1.82, 2.24) is 4.90 Å². The van der Waals surface area contributed by atoms with Crippen LogP contribution < -0.4 is 10.1 Å². The van der Waals surface area contributed by atoms with Crippen LogP contribution in [0, 0.1) is 20.8 Å². The largest absolute Gasteiger partial charge is 0.417 e. The molecule has 0 saturated heterocycles. The highest BCUT2D eigenvalue weighted by molar-refractivity contribution is 7.09. The molecule has 1 N–H and O–H groups in total. The number of anilines is 1. The highest BCUT2D eigenvalue weighted by atomic mass is 32.1. The van der Waals surface area contributed by atoms with Gasteiger partial charge in [-0.15, -0.1) is 11.3 Å². The van der Waals surface area contributed by atoms with Crippen LogP contribution in [0.3, 0.4) is 0 Å². The number of nitrogens with one attached hydrogen (secondary N) is 1. The summed E-state index contributed by atoms with van der Waals surface area (Å²) in [5, 5.41) is 5.13. The van der Waals surface area contributed by atoms with Crippen LogP contribution in [0.5, 0.6) is 5.75 Å². The van der Waals surface area contributed by atoms with Crippen LogP contribution in [0.2, 0.25) is 0 Å². The topological polar surface area (TPSA) is 41.6 Å². The van der Waals surface area contributed by atoms with Crippen molar-refractivity contribution in [2.24, 2.45) is 0 Å². The molecule has 5 heteroatoms. The quantitative estimate of drug-likeness (QED) is 0.377. The monoisotopic (exact) mass is 476 g/mol. The minimum atomic E-state index is -0.422. The van der Waals surface area contributed by atoms with Crippen LogP contribution >= 0.6 is 11.3 Å². The summed E-state index contributed by atoms with van der Waals surface area (Å²) in [5.74, 6) is 0.691. The van der Waals surface area contributed by atoms with E-state index in [0.717, 1.165) is 62.0 Å². The Labute approximate surface area is 208 Å². The molecule has 180 valence electrons.